The van der Waals surface area contributed by atoms with E-state index in [0.29, 0.717) is 12.1 Å². The van der Waals surface area contributed by atoms with E-state index in [1.54, 1.807) is 24.3 Å². The highest BCUT2D eigenvalue weighted by Gasteiger charge is 2.14. The summed E-state index contributed by atoms with van der Waals surface area (Å²) in [7, 11) is 0. The van der Waals surface area contributed by atoms with Crippen LogP contribution in [0.1, 0.15) is 49.7 Å². The summed E-state index contributed by atoms with van der Waals surface area (Å²) in [5.41, 5.74) is 1.01. The molecule has 0 bridgehead atoms. The zero-order valence-corrected chi connectivity index (χ0v) is 13.5. The van der Waals surface area contributed by atoms with Gasteiger partial charge >= 0.3 is 5.97 Å². The predicted molar refractivity (Wildman–Crippen MR) is 83.3 cm³/mol. The van der Waals surface area contributed by atoms with Crippen molar-refractivity contribution in [2.45, 2.75) is 39.3 Å². The molecule has 3 N–H and O–H groups in total. The second-order valence-corrected chi connectivity index (χ2v) is 6.08. The van der Waals surface area contributed by atoms with Crippen molar-refractivity contribution < 1.29 is 19.4 Å². The standard InChI is InChI=1S/C16H24N2O4/c1-11(19)17-10-22-15(21)13-7-5-12(6-8-13)14(20)9-18-16(2,3)4/h5-8,14,18,20H,9-10H2,1-4H3,(H,17,19). The zero-order chi connectivity index (χ0) is 16.8. The summed E-state index contributed by atoms with van der Waals surface area (Å²) < 4.78 is 4.89. The Labute approximate surface area is 130 Å². The average molecular weight is 308 g/mol. The van der Waals surface area contributed by atoms with Crippen molar-refractivity contribution in [2.24, 2.45) is 0 Å². The van der Waals surface area contributed by atoms with Crippen molar-refractivity contribution in [3.8, 4) is 0 Å². The molecule has 0 saturated carbocycles. The molecule has 1 atom stereocenters. The fourth-order valence-electron chi connectivity index (χ4n) is 1.65. The maximum atomic E-state index is 11.7. The molecule has 1 amide bonds. The monoisotopic (exact) mass is 308 g/mol. The van der Waals surface area contributed by atoms with E-state index in [0.717, 1.165) is 5.56 Å². The minimum Gasteiger partial charge on any atom is -0.441 e. The third kappa shape index (κ3) is 6.69. The quantitative estimate of drug-likeness (QED) is 0.545. The van der Waals surface area contributed by atoms with Crippen molar-refractivity contribution in [3.05, 3.63) is 35.4 Å². The number of hydrogen-bond donors (Lipinski definition) is 3. The first-order valence-electron chi connectivity index (χ1n) is 7.13. The molecule has 0 aliphatic carbocycles. The Kier molecular flexibility index (Phi) is 6.52. The van der Waals surface area contributed by atoms with Crippen LogP contribution in [-0.4, -0.2) is 35.8 Å². The highest BCUT2D eigenvalue weighted by Crippen LogP contribution is 2.15. The molecule has 0 spiro atoms. The fourth-order valence-corrected chi connectivity index (χ4v) is 1.65. The number of carbonyl (C=O) groups is 2. The SMILES string of the molecule is CC(=O)NCOC(=O)c1ccc(C(O)CNC(C)(C)C)cc1. The number of ether oxygens (including phenoxy) is 1. The van der Waals surface area contributed by atoms with Crippen LogP contribution in [0, 0.1) is 0 Å². The second-order valence-electron chi connectivity index (χ2n) is 6.08. The van der Waals surface area contributed by atoms with Crippen LogP contribution in [0.15, 0.2) is 24.3 Å². The Morgan fingerprint density at radius 1 is 1.23 bits per heavy atom. The number of aliphatic hydroxyl groups is 1. The molecule has 122 valence electrons. The Morgan fingerprint density at radius 2 is 1.82 bits per heavy atom. The van der Waals surface area contributed by atoms with Crippen LogP contribution in [0.5, 0.6) is 0 Å². The number of carbonyl (C=O) groups excluding carboxylic acids is 2. The number of nitrogens with one attached hydrogen (secondary N) is 2. The van der Waals surface area contributed by atoms with Crippen molar-refractivity contribution in [3.63, 3.8) is 0 Å². The van der Waals surface area contributed by atoms with Gasteiger partial charge in [0.15, 0.2) is 6.73 Å². The van der Waals surface area contributed by atoms with E-state index >= 15 is 0 Å². The number of amides is 1. The van der Waals surface area contributed by atoms with Crippen LogP contribution in [-0.2, 0) is 9.53 Å². The van der Waals surface area contributed by atoms with Crippen LogP contribution in [0.4, 0.5) is 0 Å². The molecule has 0 fully saturated rings. The zero-order valence-electron chi connectivity index (χ0n) is 13.5. The van der Waals surface area contributed by atoms with E-state index in [-0.39, 0.29) is 18.2 Å². The lowest BCUT2D eigenvalue weighted by molar-refractivity contribution is -0.120. The minimum absolute atomic E-state index is 0.0750. The maximum Gasteiger partial charge on any atom is 0.339 e. The molecule has 6 nitrogen and oxygen atoms in total. The van der Waals surface area contributed by atoms with E-state index in [9.17, 15) is 14.7 Å². The highest BCUT2D eigenvalue weighted by molar-refractivity contribution is 5.89. The van der Waals surface area contributed by atoms with Gasteiger partial charge in [-0.2, -0.15) is 0 Å². The molecule has 1 rings (SSSR count). The lowest BCUT2D eigenvalue weighted by atomic mass is 10.0. The van der Waals surface area contributed by atoms with Gasteiger partial charge in [0.05, 0.1) is 11.7 Å². The number of β-amino-alcohol motifs (C(OH)–C–C–N with tert-alkyl or cyclic N) is 1. The molecule has 0 aliphatic rings. The molecular weight excluding hydrogens is 284 g/mol. The molecule has 0 heterocycles. The van der Waals surface area contributed by atoms with Gasteiger partial charge in [0.25, 0.3) is 0 Å². The van der Waals surface area contributed by atoms with E-state index < -0.39 is 12.1 Å². The van der Waals surface area contributed by atoms with Gasteiger partial charge in [0.2, 0.25) is 5.91 Å². The maximum absolute atomic E-state index is 11.7. The van der Waals surface area contributed by atoms with E-state index in [1.165, 1.54) is 6.92 Å². The number of hydrogen-bond acceptors (Lipinski definition) is 5. The van der Waals surface area contributed by atoms with Gasteiger partial charge in [-0.05, 0) is 38.5 Å². The number of benzene rings is 1. The summed E-state index contributed by atoms with van der Waals surface area (Å²) in [5.74, 6) is -0.791. The summed E-state index contributed by atoms with van der Waals surface area (Å²) >= 11 is 0. The van der Waals surface area contributed by atoms with Gasteiger partial charge in [-0.1, -0.05) is 12.1 Å². The van der Waals surface area contributed by atoms with Gasteiger partial charge < -0.3 is 20.5 Å². The molecule has 0 aliphatic heterocycles. The van der Waals surface area contributed by atoms with Crippen molar-refractivity contribution in [2.75, 3.05) is 13.3 Å². The lowest BCUT2D eigenvalue weighted by Crippen LogP contribution is -2.38. The average Bonchev–Trinajstić information content (AvgIpc) is 2.43. The van der Waals surface area contributed by atoms with Gasteiger partial charge in [0, 0.05) is 19.0 Å². The molecule has 0 saturated heterocycles. The largest absolute Gasteiger partial charge is 0.441 e. The van der Waals surface area contributed by atoms with Crippen LogP contribution in [0.2, 0.25) is 0 Å². The van der Waals surface area contributed by atoms with Crippen molar-refractivity contribution >= 4 is 11.9 Å². The third-order valence-electron chi connectivity index (χ3n) is 2.88. The first-order valence-corrected chi connectivity index (χ1v) is 7.13. The molecule has 6 heteroatoms. The fraction of sp³-hybridized carbons (Fsp3) is 0.500. The molecule has 0 radical (unpaired) electrons. The summed E-state index contributed by atoms with van der Waals surface area (Å²) in [4.78, 5) is 22.4. The van der Waals surface area contributed by atoms with Crippen molar-refractivity contribution in [1.82, 2.24) is 10.6 Å². The molecule has 1 unspecified atom stereocenters. The summed E-state index contributed by atoms with van der Waals surface area (Å²) in [6.45, 7) is 7.68. The molecule has 1 aromatic carbocycles. The topological polar surface area (TPSA) is 87.7 Å². The summed E-state index contributed by atoms with van der Waals surface area (Å²) in [6.07, 6.45) is -0.649. The predicted octanol–water partition coefficient (Wildman–Crippen LogP) is 1.36. The van der Waals surface area contributed by atoms with E-state index in [1.807, 2.05) is 20.8 Å². The Bertz CT molecular complexity index is 506. The van der Waals surface area contributed by atoms with Crippen molar-refractivity contribution in [1.29, 1.82) is 0 Å². The normalized spacial score (nSPS) is 12.6. The second kappa shape index (κ2) is 7.91. The lowest BCUT2D eigenvalue weighted by Gasteiger charge is -2.23. The van der Waals surface area contributed by atoms with Crippen LogP contribution < -0.4 is 10.6 Å². The molecular formula is C16H24N2O4. The molecule has 0 aromatic heterocycles. The molecule has 22 heavy (non-hydrogen) atoms. The van der Waals surface area contributed by atoms with Gasteiger partial charge in [0.1, 0.15) is 0 Å². The first kappa shape index (κ1) is 18.1. The van der Waals surface area contributed by atoms with Crippen LogP contribution >= 0.6 is 0 Å². The first-order chi connectivity index (χ1) is 10.2. The van der Waals surface area contributed by atoms with Gasteiger partial charge in [-0.15, -0.1) is 0 Å². The van der Waals surface area contributed by atoms with Gasteiger partial charge in [-0.25, -0.2) is 4.79 Å². The summed E-state index contributed by atoms with van der Waals surface area (Å²) in [6, 6.07) is 6.55. The third-order valence-corrected chi connectivity index (χ3v) is 2.88. The Hall–Kier alpha value is -1.92. The number of rotatable bonds is 6. The van der Waals surface area contributed by atoms with Crippen LogP contribution in [0.3, 0.4) is 0 Å². The smallest absolute Gasteiger partial charge is 0.339 e. The summed E-state index contributed by atoms with van der Waals surface area (Å²) in [5, 5.41) is 15.7. The van der Waals surface area contributed by atoms with Crippen LogP contribution in [0.25, 0.3) is 0 Å². The highest BCUT2D eigenvalue weighted by atomic mass is 16.5. The van der Waals surface area contributed by atoms with E-state index in [4.69, 9.17) is 4.74 Å². The van der Waals surface area contributed by atoms with E-state index in [2.05, 4.69) is 10.6 Å². The van der Waals surface area contributed by atoms with Gasteiger partial charge in [-0.3, -0.25) is 4.79 Å². The Morgan fingerprint density at radius 3 is 2.32 bits per heavy atom. The Balaban J connectivity index is 2.54. The molecule has 1 aromatic rings. The number of aliphatic hydroxyl groups excluding tert-OH is 1. The number of esters is 1. The minimum atomic E-state index is -0.649.